The zero-order valence-corrected chi connectivity index (χ0v) is 7.70. The molecule has 0 atom stereocenters. The molecule has 0 fully saturated rings. The first-order valence-electron chi connectivity index (χ1n) is 3.72. The van der Waals surface area contributed by atoms with Crippen molar-refractivity contribution < 1.29 is 4.79 Å². The van der Waals surface area contributed by atoms with Crippen LogP contribution in [0.2, 0.25) is 0 Å². The van der Waals surface area contributed by atoms with E-state index < -0.39 is 0 Å². The maximum atomic E-state index is 10.7. The molecule has 0 radical (unpaired) electrons. The predicted molar refractivity (Wildman–Crippen MR) is 48.1 cm³/mol. The summed E-state index contributed by atoms with van der Waals surface area (Å²) in [5.41, 5.74) is 1.32. The molecule has 0 saturated carbocycles. The third-order valence-electron chi connectivity index (χ3n) is 1.67. The number of Topliss-reactive ketones (excluding diaryl/α,β-unsaturated/α-hetero) is 1. The molecule has 0 N–H and O–H groups in total. The molecule has 11 heavy (non-hydrogen) atoms. The van der Waals surface area contributed by atoms with Crippen LogP contribution in [0.15, 0.2) is 11.4 Å². The molecule has 0 aliphatic heterocycles. The molecule has 0 saturated heterocycles. The molecule has 0 bridgehead atoms. The number of carbonyl (C=O) groups is 1. The zero-order chi connectivity index (χ0) is 8.27. The van der Waals surface area contributed by atoms with Gasteiger partial charge in [-0.15, -0.1) is 11.3 Å². The van der Waals surface area contributed by atoms with Crippen LogP contribution in [0.1, 0.15) is 23.8 Å². The number of ketones is 1. The number of hydrogen-bond donors (Lipinski definition) is 0. The molecule has 0 aliphatic rings. The van der Waals surface area contributed by atoms with Gasteiger partial charge in [0.15, 0.2) is 0 Å². The van der Waals surface area contributed by atoms with Crippen LogP contribution in [0.4, 0.5) is 0 Å². The highest BCUT2D eigenvalue weighted by Gasteiger charge is 2.00. The quantitative estimate of drug-likeness (QED) is 0.678. The first kappa shape index (κ1) is 8.47. The maximum absolute atomic E-state index is 10.7. The van der Waals surface area contributed by atoms with E-state index in [1.165, 1.54) is 10.4 Å². The molecule has 0 spiro atoms. The lowest BCUT2D eigenvalue weighted by Crippen LogP contribution is -1.92. The average molecular weight is 168 g/mol. The largest absolute Gasteiger partial charge is 0.300 e. The monoisotopic (exact) mass is 168 g/mol. The summed E-state index contributed by atoms with van der Waals surface area (Å²) in [5, 5.41) is 2.07. The second-order valence-electron chi connectivity index (χ2n) is 2.73. The van der Waals surface area contributed by atoms with E-state index in [1.54, 1.807) is 18.3 Å². The Morgan fingerprint density at radius 2 is 2.36 bits per heavy atom. The van der Waals surface area contributed by atoms with Crippen molar-refractivity contribution in [3.8, 4) is 0 Å². The number of thiophene rings is 1. The van der Waals surface area contributed by atoms with Gasteiger partial charge in [-0.3, -0.25) is 0 Å². The summed E-state index contributed by atoms with van der Waals surface area (Å²) in [4.78, 5) is 12.0. The van der Waals surface area contributed by atoms with Gasteiger partial charge in [-0.1, -0.05) is 0 Å². The fraction of sp³-hybridized carbons (Fsp3) is 0.444. The molecule has 0 unspecified atom stereocenters. The standard InChI is InChI=1S/C9H12OS/c1-7-5-6-11-9(7)4-3-8(2)10/h5-6H,3-4H2,1-2H3. The molecule has 1 aromatic rings. The minimum Gasteiger partial charge on any atom is -0.300 e. The van der Waals surface area contributed by atoms with E-state index in [4.69, 9.17) is 0 Å². The molecule has 0 aromatic carbocycles. The van der Waals surface area contributed by atoms with Crippen LogP contribution >= 0.6 is 11.3 Å². The topological polar surface area (TPSA) is 17.1 Å². The second kappa shape index (κ2) is 3.67. The van der Waals surface area contributed by atoms with Crippen molar-refractivity contribution in [1.82, 2.24) is 0 Å². The van der Waals surface area contributed by atoms with E-state index in [9.17, 15) is 4.79 Å². The minimum atomic E-state index is 0.276. The molecular formula is C9H12OS. The summed E-state index contributed by atoms with van der Waals surface area (Å²) < 4.78 is 0. The summed E-state index contributed by atoms with van der Waals surface area (Å²) in [7, 11) is 0. The van der Waals surface area contributed by atoms with Gasteiger partial charge < -0.3 is 4.79 Å². The maximum Gasteiger partial charge on any atom is 0.130 e. The molecule has 1 nitrogen and oxygen atoms in total. The van der Waals surface area contributed by atoms with Crippen molar-refractivity contribution in [2.45, 2.75) is 26.7 Å². The molecule has 1 heterocycles. The van der Waals surface area contributed by atoms with Gasteiger partial charge in [-0.25, -0.2) is 0 Å². The van der Waals surface area contributed by atoms with Crippen LogP contribution in [0.5, 0.6) is 0 Å². The summed E-state index contributed by atoms with van der Waals surface area (Å²) in [5.74, 6) is 0.276. The molecular weight excluding hydrogens is 156 g/mol. The van der Waals surface area contributed by atoms with E-state index >= 15 is 0 Å². The third-order valence-corrected chi connectivity index (χ3v) is 2.76. The highest BCUT2D eigenvalue weighted by molar-refractivity contribution is 7.10. The van der Waals surface area contributed by atoms with Gasteiger partial charge in [0.1, 0.15) is 5.78 Å². The normalized spacial score (nSPS) is 10.0. The number of carbonyl (C=O) groups excluding carboxylic acids is 1. The highest BCUT2D eigenvalue weighted by Crippen LogP contribution is 2.17. The zero-order valence-electron chi connectivity index (χ0n) is 6.89. The van der Waals surface area contributed by atoms with E-state index in [1.807, 2.05) is 0 Å². The fourth-order valence-electron chi connectivity index (χ4n) is 0.950. The molecule has 0 aliphatic carbocycles. The van der Waals surface area contributed by atoms with E-state index in [2.05, 4.69) is 18.4 Å². The Morgan fingerprint density at radius 1 is 1.64 bits per heavy atom. The fourth-order valence-corrected chi connectivity index (χ4v) is 1.86. The van der Waals surface area contributed by atoms with Crippen molar-refractivity contribution >= 4 is 17.1 Å². The smallest absolute Gasteiger partial charge is 0.130 e. The Balaban J connectivity index is 2.51. The molecule has 60 valence electrons. The van der Waals surface area contributed by atoms with Crippen molar-refractivity contribution in [2.75, 3.05) is 0 Å². The molecule has 0 amide bonds. The highest BCUT2D eigenvalue weighted by atomic mass is 32.1. The first-order valence-corrected chi connectivity index (χ1v) is 4.60. The van der Waals surface area contributed by atoms with Gasteiger partial charge in [0, 0.05) is 11.3 Å². The Labute approximate surface area is 71.1 Å². The second-order valence-corrected chi connectivity index (χ2v) is 3.73. The number of aryl methyl sites for hydroxylation is 2. The summed E-state index contributed by atoms with van der Waals surface area (Å²) >= 11 is 1.74. The van der Waals surface area contributed by atoms with Crippen LogP contribution in [0.3, 0.4) is 0 Å². The Kier molecular flexibility index (Phi) is 2.83. The van der Waals surface area contributed by atoms with Gasteiger partial charge in [0.25, 0.3) is 0 Å². The minimum absolute atomic E-state index is 0.276. The first-order chi connectivity index (χ1) is 5.20. The van der Waals surface area contributed by atoms with Crippen LogP contribution < -0.4 is 0 Å². The van der Waals surface area contributed by atoms with Gasteiger partial charge in [0.2, 0.25) is 0 Å². The van der Waals surface area contributed by atoms with Crippen LogP contribution in [-0.2, 0) is 11.2 Å². The van der Waals surface area contributed by atoms with Gasteiger partial charge >= 0.3 is 0 Å². The van der Waals surface area contributed by atoms with Crippen LogP contribution in [-0.4, -0.2) is 5.78 Å². The lowest BCUT2D eigenvalue weighted by Gasteiger charge is -1.95. The van der Waals surface area contributed by atoms with Crippen LogP contribution in [0.25, 0.3) is 0 Å². The third kappa shape index (κ3) is 2.46. The summed E-state index contributed by atoms with van der Waals surface area (Å²) in [6.07, 6.45) is 1.60. The van der Waals surface area contributed by atoms with E-state index in [-0.39, 0.29) is 5.78 Å². The SMILES string of the molecule is CC(=O)CCc1sccc1C. The number of rotatable bonds is 3. The van der Waals surface area contributed by atoms with Crippen molar-refractivity contribution in [2.24, 2.45) is 0 Å². The Hall–Kier alpha value is -0.630. The van der Waals surface area contributed by atoms with E-state index in [0.717, 1.165) is 6.42 Å². The Bertz CT molecular complexity index is 250. The van der Waals surface area contributed by atoms with Gasteiger partial charge in [-0.05, 0) is 37.3 Å². The number of hydrogen-bond acceptors (Lipinski definition) is 2. The van der Waals surface area contributed by atoms with Crippen molar-refractivity contribution in [3.05, 3.63) is 21.9 Å². The molecule has 1 aromatic heterocycles. The van der Waals surface area contributed by atoms with Crippen molar-refractivity contribution in [1.29, 1.82) is 0 Å². The lowest BCUT2D eigenvalue weighted by molar-refractivity contribution is -0.116. The lowest BCUT2D eigenvalue weighted by atomic mass is 10.1. The average Bonchev–Trinajstić information content (AvgIpc) is 2.31. The van der Waals surface area contributed by atoms with Gasteiger partial charge in [-0.2, -0.15) is 0 Å². The van der Waals surface area contributed by atoms with Crippen molar-refractivity contribution in [3.63, 3.8) is 0 Å². The van der Waals surface area contributed by atoms with E-state index in [0.29, 0.717) is 6.42 Å². The molecule has 1 rings (SSSR count). The summed E-state index contributed by atoms with van der Waals surface area (Å²) in [6, 6.07) is 2.10. The van der Waals surface area contributed by atoms with Crippen LogP contribution in [0, 0.1) is 6.92 Å². The molecule has 2 heteroatoms. The summed E-state index contributed by atoms with van der Waals surface area (Å²) in [6.45, 7) is 3.73. The predicted octanol–water partition coefficient (Wildman–Crippen LogP) is 2.58. The van der Waals surface area contributed by atoms with Gasteiger partial charge in [0.05, 0.1) is 0 Å². The Morgan fingerprint density at radius 3 is 2.82 bits per heavy atom.